The van der Waals surface area contributed by atoms with Gasteiger partial charge >= 0.3 is 6.18 Å². The van der Waals surface area contributed by atoms with Gasteiger partial charge in [-0.25, -0.2) is 0 Å². The summed E-state index contributed by atoms with van der Waals surface area (Å²) in [5.41, 5.74) is 0. The molecule has 0 spiro atoms. The van der Waals surface area contributed by atoms with Gasteiger partial charge in [-0.1, -0.05) is 6.42 Å². The molecule has 3 rings (SSSR count). The second-order valence-corrected chi connectivity index (χ2v) is 7.20. The molecule has 0 aromatic carbocycles. The Labute approximate surface area is 125 Å². The molecule has 2 nitrogen and oxygen atoms in total. The lowest BCUT2D eigenvalue weighted by atomic mass is 9.83. The summed E-state index contributed by atoms with van der Waals surface area (Å²) in [6, 6.07) is 0.740. The van der Waals surface area contributed by atoms with E-state index in [0.717, 1.165) is 32.5 Å². The third-order valence-electron chi connectivity index (χ3n) is 5.46. The van der Waals surface area contributed by atoms with Crippen molar-refractivity contribution in [2.45, 2.75) is 69.6 Å². The monoisotopic (exact) mass is 304 g/mol. The zero-order valence-electron chi connectivity index (χ0n) is 12.7. The lowest BCUT2D eigenvalue weighted by Gasteiger charge is -2.40. The first-order chi connectivity index (χ1) is 10.0. The standard InChI is InChI=1S/C16H27F3N2/c17-16(18,19)13-4-1-5-15(9-13)21(14-6-7-14)11-12-3-2-8-20-10-12/h12-15,20H,1-11H2. The van der Waals surface area contributed by atoms with Gasteiger partial charge in [0.05, 0.1) is 5.92 Å². The van der Waals surface area contributed by atoms with Gasteiger partial charge in [-0.15, -0.1) is 0 Å². The number of alkyl halides is 3. The fraction of sp³-hybridized carbons (Fsp3) is 1.00. The van der Waals surface area contributed by atoms with Gasteiger partial charge in [0.25, 0.3) is 0 Å². The molecule has 3 aliphatic rings. The van der Waals surface area contributed by atoms with Crippen LogP contribution in [-0.4, -0.2) is 42.8 Å². The van der Waals surface area contributed by atoms with E-state index in [1.165, 1.54) is 25.7 Å². The minimum Gasteiger partial charge on any atom is -0.316 e. The van der Waals surface area contributed by atoms with Crippen molar-refractivity contribution in [2.75, 3.05) is 19.6 Å². The summed E-state index contributed by atoms with van der Waals surface area (Å²) in [4.78, 5) is 2.45. The molecule has 0 amide bonds. The second kappa shape index (κ2) is 6.45. The maximum atomic E-state index is 13.0. The van der Waals surface area contributed by atoms with Crippen LogP contribution in [0.15, 0.2) is 0 Å². The lowest BCUT2D eigenvalue weighted by Crippen LogP contribution is -2.47. The Hall–Kier alpha value is -0.290. The van der Waals surface area contributed by atoms with E-state index in [2.05, 4.69) is 10.2 Å². The van der Waals surface area contributed by atoms with Gasteiger partial charge in [-0.2, -0.15) is 13.2 Å². The topological polar surface area (TPSA) is 15.3 Å². The zero-order valence-corrected chi connectivity index (χ0v) is 12.7. The largest absolute Gasteiger partial charge is 0.391 e. The van der Waals surface area contributed by atoms with Crippen LogP contribution in [0.25, 0.3) is 0 Å². The fourth-order valence-electron chi connectivity index (χ4n) is 4.14. The Balaban J connectivity index is 1.60. The molecule has 3 unspecified atom stereocenters. The van der Waals surface area contributed by atoms with Crippen LogP contribution in [0.3, 0.4) is 0 Å². The number of nitrogens with zero attached hydrogens (tertiary/aromatic N) is 1. The van der Waals surface area contributed by atoms with E-state index in [4.69, 9.17) is 0 Å². The highest BCUT2D eigenvalue weighted by Crippen LogP contribution is 2.42. The normalized spacial score (nSPS) is 35.1. The second-order valence-electron chi connectivity index (χ2n) is 7.20. The summed E-state index contributed by atoms with van der Waals surface area (Å²) >= 11 is 0. The molecule has 5 heteroatoms. The summed E-state index contributed by atoms with van der Waals surface area (Å²) < 4.78 is 39.1. The average Bonchev–Trinajstić information content (AvgIpc) is 3.30. The van der Waals surface area contributed by atoms with Crippen molar-refractivity contribution in [3.8, 4) is 0 Å². The van der Waals surface area contributed by atoms with Crippen molar-refractivity contribution >= 4 is 0 Å². The van der Waals surface area contributed by atoms with E-state index in [9.17, 15) is 13.2 Å². The number of nitrogens with one attached hydrogen (secondary N) is 1. The van der Waals surface area contributed by atoms with Gasteiger partial charge in [0.1, 0.15) is 0 Å². The van der Waals surface area contributed by atoms with Gasteiger partial charge < -0.3 is 5.32 Å². The van der Waals surface area contributed by atoms with Gasteiger partial charge in [0.2, 0.25) is 0 Å². The van der Waals surface area contributed by atoms with E-state index in [1.54, 1.807) is 0 Å². The van der Waals surface area contributed by atoms with Gasteiger partial charge in [-0.3, -0.25) is 4.90 Å². The van der Waals surface area contributed by atoms with Crippen LogP contribution in [0.5, 0.6) is 0 Å². The summed E-state index contributed by atoms with van der Waals surface area (Å²) in [5, 5.41) is 3.43. The third kappa shape index (κ3) is 4.13. The zero-order chi connectivity index (χ0) is 14.9. The number of piperidine rings is 1. The Morgan fingerprint density at radius 3 is 2.38 bits per heavy atom. The first-order valence-electron chi connectivity index (χ1n) is 8.57. The molecule has 2 aliphatic carbocycles. The Bertz CT molecular complexity index is 335. The van der Waals surface area contributed by atoms with E-state index in [-0.39, 0.29) is 6.04 Å². The number of rotatable bonds is 4. The summed E-state index contributed by atoms with van der Waals surface area (Å²) in [5.74, 6) is -0.437. The lowest BCUT2D eigenvalue weighted by molar-refractivity contribution is -0.187. The quantitative estimate of drug-likeness (QED) is 0.854. The summed E-state index contributed by atoms with van der Waals surface area (Å²) in [7, 11) is 0. The molecule has 0 radical (unpaired) electrons. The van der Waals surface area contributed by atoms with E-state index < -0.39 is 12.1 Å². The minimum atomic E-state index is -4.00. The van der Waals surface area contributed by atoms with Crippen molar-refractivity contribution < 1.29 is 13.2 Å². The van der Waals surface area contributed by atoms with Crippen LogP contribution in [-0.2, 0) is 0 Å². The Morgan fingerprint density at radius 1 is 0.952 bits per heavy atom. The molecule has 3 fully saturated rings. The van der Waals surface area contributed by atoms with E-state index in [1.807, 2.05) is 0 Å². The van der Waals surface area contributed by atoms with Gasteiger partial charge in [0, 0.05) is 18.6 Å². The summed E-state index contributed by atoms with van der Waals surface area (Å²) in [6.45, 7) is 3.14. The third-order valence-corrected chi connectivity index (χ3v) is 5.46. The van der Waals surface area contributed by atoms with Crippen LogP contribution in [0.1, 0.15) is 51.4 Å². The first-order valence-corrected chi connectivity index (χ1v) is 8.57. The van der Waals surface area contributed by atoms with E-state index >= 15 is 0 Å². The minimum absolute atomic E-state index is 0.166. The summed E-state index contributed by atoms with van der Waals surface area (Å²) in [6.07, 6.45) is 3.18. The van der Waals surface area contributed by atoms with E-state index in [0.29, 0.717) is 24.8 Å². The molecular formula is C16H27F3N2. The van der Waals surface area contributed by atoms with Gasteiger partial charge in [0.15, 0.2) is 0 Å². The maximum absolute atomic E-state index is 13.0. The molecule has 0 aromatic heterocycles. The van der Waals surface area contributed by atoms with Crippen molar-refractivity contribution in [2.24, 2.45) is 11.8 Å². The molecule has 3 atom stereocenters. The molecule has 122 valence electrons. The molecular weight excluding hydrogens is 277 g/mol. The highest BCUT2D eigenvalue weighted by molar-refractivity contribution is 4.93. The highest BCUT2D eigenvalue weighted by Gasteiger charge is 2.45. The van der Waals surface area contributed by atoms with Crippen LogP contribution >= 0.6 is 0 Å². The van der Waals surface area contributed by atoms with Gasteiger partial charge in [-0.05, 0) is 64.0 Å². The molecule has 21 heavy (non-hydrogen) atoms. The Morgan fingerprint density at radius 2 is 1.76 bits per heavy atom. The molecule has 0 bridgehead atoms. The van der Waals surface area contributed by atoms with Crippen molar-refractivity contribution in [1.29, 1.82) is 0 Å². The number of halogens is 3. The SMILES string of the molecule is FC(F)(F)C1CCCC(N(CC2CCCNC2)C2CC2)C1. The number of hydrogen-bond acceptors (Lipinski definition) is 2. The molecule has 1 N–H and O–H groups in total. The van der Waals surface area contributed by atoms with Crippen LogP contribution in [0, 0.1) is 11.8 Å². The van der Waals surface area contributed by atoms with Crippen LogP contribution < -0.4 is 5.32 Å². The smallest absolute Gasteiger partial charge is 0.316 e. The van der Waals surface area contributed by atoms with Crippen molar-refractivity contribution in [1.82, 2.24) is 10.2 Å². The highest BCUT2D eigenvalue weighted by atomic mass is 19.4. The molecule has 2 saturated carbocycles. The van der Waals surface area contributed by atoms with Crippen LogP contribution in [0.4, 0.5) is 13.2 Å². The maximum Gasteiger partial charge on any atom is 0.391 e. The predicted molar refractivity (Wildman–Crippen MR) is 77.1 cm³/mol. The fourth-order valence-corrected chi connectivity index (χ4v) is 4.14. The molecule has 1 heterocycles. The van der Waals surface area contributed by atoms with Crippen molar-refractivity contribution in [3.63, 3.8) is 0 Å². The molecule has 0 aromatic rings. The average molecular weight is 304 g/mol. The Kier molecular flexibility index (Phi) is 4.79. The predicted octanol–water partition coefficient (Wildman–Crippen LogP) is 3.57. The van der Waals surface area contributed by atoms with Crippen molar-refractivity contribution in [3.05, 3.63) is 0 Å². The van der Waals surface area contributed by atoms with Crippen LogP contribution in [0.2, 0.25) is 0 Å². The first kappa shape index (κ1) is 15.6. The number of hydrogen-bond donors (Lipinski definition) is 1. The molecule has 1 aliphatic heterocycles. The molecule has 1 saturated heterocycles.